The highest BCUT2D eigenvalue weighted by Crippen LogP contribution is 2.35. The van der Waals surface area contributed by atoms with Crippen LogP contribution in [0.25, 0.3) is 22.1 Å². The van der Waals surface area contributed by atoms with Crippen LogP contribution < -0.4 is 11.5 Å². The third kappa shape index (κ3) is 3.01. The van der Waals surface area contributed by atoms with Crippen LogP contribution in [-0.4, -0.2) is 10.8 Å². The molecule has 0 atom stereocenters. The fourth-order valence-electron chi connectivity index (χ4n) is 2.91. The quantitative estimate of drug-likeness (QED) is 0.463. The topological polar surface area (TPSA) is 95.1 Å². The van der Waals surface area contributed by atoms with Gasteiger partial charge in [-0.1, -0.05) is 29.3 Å². The molecule has 0 amide bonds. The smallest absolute Gasteiger partial charge is 0.231 e. The number of halogens is 2. The van der Waals surface area contributed by atoms with Crippen LogP contribution in [0.3, 0.4) is 0 Å². The van der Waals surface area contributed by atoms with Gasteiger partial charge in [0.2, 0.25) is 5.78 Å². The number of fused-ring (bicyclic) bond motifs is 1. The summed E-state index contributed by atoms with van der Waals surface area (Å²) < 4.78 is 5.77. The predicted molar refractivity (Wildman–Crippen MR) is 108 cm³/mol. The van der Waals surface area contributed by atoms with Gasteiger partial charge in [-0.25, -0.2) is 4.98 Å². The molecular formula is C20H13Cl2N3O2. The second-order valence-electron chi connectivity index (χ2n) is 5.95. The van der Waals surface area contributed by atoms with E-state index in [0.29, 0.717) is 21.8 Å². The summed E-state index contributed by atoms with van der Waals surface area (Å²) in [6.07, 6.45) is 1.62. The Balaban J connectivity index is 1.82. The zero-order valence-electron chi connectivity index (χ0n) is 13.9. The molecule has 0 fully saturated rings. The Morgan fingerprint density at radius 2 is 1.85 bits per heavy atom. The number of nitrogens with zero attached hydrogens (tertiary/aromatic N) is 1. The van der Waals surface area contributed by atoms with Gasteiger partial charge in [-0.15, -0.1) is 0 Å². The Bertz CT molecular complexity index is 1200. The van der Waals surface area contributed by atoms with Crippen molar-refractivity contribution in [2.24, 2.45) is 0 Å². The molecule has 0 aliphatic rings. The first-order valence-electron chi connectivity index (χ1n) is 7.98. The minimum Gasteiger partial charge on any atom is -0.450 e. The molecule has 0 bridgehead atoms. The van der Waals surface area contributed by atoms with Gasteiger partial charge in [0.05, 0.1) is 10.7 Å². The molecule has 0 spiro atoms. The summed E-state index contributed by atoms with van der Waals surface area (Å²) in [6, 6.07) is 13.7. The van der Waals surface area contributed by atoms with Crippen LogP contribution in [0.5, 0.6) is 0 Å². The zero-order valence-corrected chi connectivity index (χ0v) is 15.4. The SMILES string of the molecule is Nc1ncccc1-c1ccc2c(N)c(C(=O)c3ccc(Cl)cc3Cl)oc2c1. The average Bonchev–Trinajstić information content (AvgIpc) is 2.98. The average molecular weight is 398 g/mol. The summed E-state index contributed by atoms with van der Waals surface area (Å²) in [6.45, 7) is 0. The standard InChI is InChI=1S/C20H13Cl2N3O2/c21-11-4-6-13(15(22)9-11)18(26)19-17(23)14-5-3-10(8-16(14)27-19)12-2-1-7-25-20(12)24/h1-9H,23H2,(H2,24,25). The van der Waals surface area contributed by atoms with Crippen molar-refractivity contribution >= 4 is 51.5 Å². The third-order valence-electron chi connectivity index (χ3n) is 4.26. The van der Waals surface area contributed by atoms with E-state index in [1.807, 2.05) is 12.1 Å². The van der Waals surface area contributed by atoms with Crippen LogP contribution in [0.1, 0.15) is 16.1 Å². The summed E-state index contributed by atoms with van der Waals surface area (Å²) in [7, 11) is 0. The normalized spacial score (nSPS) is 11.0. The van der Waals surface area contributed by atoms with Crippen LogP contribution in [0.15, 0.2) is 59.1 Å². The molecule has 2 heterocycles. The Morgan fingerprint density at radius 3 is 2.59 bits per heavy atom. The van der Waals surface area contributed by atoms with Crippen LogP contribution in [0.4, 0.5) is 11.5 Å². The van der Waals surface area contributed by atoms with Gasteiger partial charge < -0.3 is 15.9 Å². The number of nitrogens with two attached hydrogens (primary N) is 2. The van der Waals surface area contributed by atoms with Crippen molar-refractivity contribution in [2.45, 2.75) is 0 Å². The first-order chi connectivity index (χ1) is 13.0. The van der Waals surface area contributed by atoms with Crippen LogP contribution >= 0.6 is 23.2 Å². The van der Waals surface area contributed by atoms with Gasteiger partial charge in [0.15, 0.2) is 5.76 Å². The number of ketones is 1. The fraction of sp³-hybridized carbons (Fsp3) is 0. The first kappa shape index (κ1) is 17.4. The van der Waals surface area contributed by atoms with Gasteiger partial charge in [-0.3, -0.25) is 4.79 Å². The molecule has 0 aliphatic heterocycles. The molecule has 0 aliphatic carbocycles. The molecule has 0 unspecified atom stereocenters. The van der Waals surface area contributed by atoms with E-state index < -0.39 is 5.78 Å². The van der Waals surface area contributed by atoms with Gasteiger partial charge in [-0.2, -0.15) is 0 Å². The highest BCUT2D eigenvalue weighted by Gasteiger charge is 2.22. The van der Waals surface area contributed by atoms with Crippen LogP contribution in [0, 0.1) is 0 Å². The van der Waals surface area contributed by atoms with E-state index in [1.165, 1.54) is 6.07 Å². The summed E-state index contributed by atoms with van der Waals surface area (Å²) in [5, 5.41) is 1.30. The highest BCUT2D eigenvalue weighted by molar-refractivity contribution is 6.37. The Hall–Kier alpha value is -3.02. The second-order valence-corrected chi connectivity index (χ2v) is 6.79. The highest BCUT2D eigenvalue weighted by atomic mass is 35.5. The van der Waals surface area contributed by atoms with Crippen molar-refractivity contribution < 1.29 is 9.21 Å². The molecule has 134 valence electrons. The number of benzene rings is 2. The van der Waals surface area contributed by atoms with Gasteiger partial charge >= 0.3 is 0 Å². The number of pyridine rings is 1. The largest absolute Gasteiger partial charge is 0.450 e. The lowest BCUT2D eigenvalue weighted by molar-refractivity contribution is 0.101. The van der Waals surface area contributed by atoms with Crippen molar-refractivity contribution in [3.05, 3.63) is 76.1 Å². The van der Waals surface area contributed by atoms with E-state index in [-0.39, 0.29) is 22.0 Å². The molecule has 2 aromatic heterocycles. The Morgan fingerprint density at radius 1 is 1.04 bits per heavy atom. The van der Waals surface area contributed by atoms with E-state index in [9.17, 15) is 4.79 Å². The zero-order chi connectivity index (χ0) is 19.1. The summed E-state index contributed by atoms with van der Waals surface area (Å²) in [4.78, 5) is 16.9. The molecule has 5 nitrogen and oxygen atoms in total. The lowest BCUT2D eigenvalue weighted by atomic mass is 10.0. The van der Waals surface area contributed by atoms with Gasteiger partial charge in [0.25, 0.3) is 0 Å². The third-order valence-corrected chi connectivity index (χ3v) is 4.81. The molecule has 0 radical (unpaired) electrons. The predicted octanol–water partition coefficient (Wildman–Crippen LogP) is 5.20. The van der Waals surface area contributed by atoms with Gasteiger partial charge in [-0.05, 0) is 48.0 Å². The van der Waals surface area contributed by atoms with Crippen molar-refractivity contribution in [1.29, 1.82) is 0 Å². The van der Waals surface area contributed by atoms with Crippen molar-refractivity contribution in [3.63, 3.8) is 0 Å². The molecule has 4 rings (SSSR count). The molecule has 7 heteroatoms. The fourth-order valence-corrected chi connectivity index (χ4v) is 3.40. The van der Waals surface area contributed by atoms with E-state index >= 15 is 0 Å². The molecule has 0 saturated heterocycles. The maximum Gasteiger partial charge on any atom is 0.231 e. The summed E-state index contributed by atoms with van der Waals surface area (Å²) >= 11 is 12.0. The Labute approximate surface area is 164 Å². The maximum absolute atomic E-state index is 12.8. The lowest BCUT2D eigenvalue weighted by Crippen LogP contribution is -2.03. The number of anilines is 2. The van der Waals surface area contributed by atoms with Crippen molar-refractivity contribution in [2.75, 3.05) is 11.5 Å². The minimum absolute atomic E-state index is 0.0329. The van der Waals surface area contributed by atoms with Crippen LogP contribution in [-0.2, 0) is 0 Å². The second kappa shape index (κ2) is 6.61. The van der Waals surface area contributed by atoms with Crippen LogP contribution in [0.2, 0.25) is 10.0 Å². The van der Waals surface area contributed by atoms with Gasteiger partial charge in [0.1, 0.15) is 11.4 Å². The molecular weight excluding hydrogens is 385 g/mol. The number of furan rings is 1. The van der Waals surface area contributed by atoms with Gasteiger partial charge in [0, 0.05) is 27.7 Å². The summed E-state index contributed by atoms with van der Waals surface area (Å²) in [5.74, 6) is 0.0268. The molecule has 27 heavy (non-hydrogen) atoms. The number of nitrogen functional groups attached to an aromatic ring is 2. The Kier molecular flexibility index (Phi) is 4.26. The number of aromatic nitrogens is 1. The molecule has 2 aromatic carbocycles. The van der Waals surface area contributed by atoms with E-state index in [1.54, 1.807) is 36.5 Å². The van der Waals surface area contributed by atoms with E-state index in [2.05, 4.69) is 4.98 Å². The minimum atomic E-state index is -0.409. The summed E-state index contributed by atoms with van der Waals surface area (Å²) in [5.41, 5.74) is 14.7. The monoisotopic (exact) mass is 397 g/mol. The molecule has 0 saturated carbocycles. The maximum atomic E-state index is 12.8. The van der Waals surface area contributed by atoms with E-state index in [0.717, 1.165) is 11.1 Å². The van der Waals surface area contributed by atoms with E-state index in [4.69, 9.17) is 39.1 Å². The lowest BCUT2D eigenvalue weighted by Gasteiger charge is -2.04. The number of carbonyl (C=O) groups is 1. The first-order valence-corrected chi connectivity index (χ1v) is 8.74. The number of hydrogen-bond acceptors (Lipinski definition) is 5. The van der Waals surface area contributed by atoms with Crippen molar-refractivity contribution in [3.8, 4) is 11.1 Å². The van der Waals surface area contributed by atoms with Crippen molar-refractivity contribution in [1.82, 2.24) is 4.98 Å². The number of carbonyl (C=O) groups excluding carboxylic acids is 1. The molecule has 4 aromatic rings. The number of hydrogen-bond donors (Lipinski definition) is 2. The molecule has 4 N–H and O–H groups in total. The number of rotatable bonds is 3.